The van der Waals surface area contributed by atoms with Gasteiger partial charge in [0.1, 0.15) is 11.1 Å². The van der Waals surface area contributed by atoms with Crippen LogP contribution in [0.25, 0.3) is 0 Å². The van der Waals surface area contributed by atoms with E-state index in [1.807, 2.05) is 0 Å². The van der Waals surface area contributed by atoms with Gasteiger partial charge in [-0.1, -0.05) is 24.3 Å². The summed E-state index contributed by atoms with van der Waals surface area (Å²) in [5.41, 5.74) is 1.19. The first-order chi connectivity index (χ1) is 22.4. The zero-order valence-electron chi connectivity index (χ0n) is 24.9. The minimum absolute atomic E-state index is 0.0775. The zero-order valence-corrected chi connectivity index (χ0v) is 26.7. The van der Waals surface area contributed by atoms with Crippen LogP contribution in [0.4, 0.5) is 0 Å². The van der Waals surface area contributed by atoms with Crippen LogP contribution in [-0.2, 0) is 17.3 Å². The Morgan fingerprint density at radius 3 is 1.13 bits per heavy atom. The van der Waals surface area contributed by atoms with Crippen LogP contribution in [0.2, 0.25) is 0 Å². The Morgan fingerprint density at radius 2 is 0.783 bits per heavy atom. The van der Waals surface area contributed by atoms with E-state index in [1.54, 1.807) is 12.1 Å². The van der Waals surface area contributed by atoms with E-state index in [9.17, 15) is 14.1 Å². The second kappa shape index (κ2) is 15.3. The maximum absolute atomic E-state index is 12.5. The number of carboxylic acid groups (broad SMARTS) is 2. The predicted molar refractivity (Wildman–Crippen MR) is 188 cm³/mol. The van der Waals surface area contributed by atoms with Gasteiger partial charge in [0.25, 0.3) is 0 Å². The molecule has 0 aliphatic rings. The summed E-state index contributed by atoms with van der Waals surface area (Å²) in [7, 11) is -2.16. The van der Waals surface area contributed by atoms with Crippen LogP contribution in [0.15, 0.2) is 180 Å². The third kappa shape index (κ3) is 7.27. The standard InChI is InChI=1S/C25H23P.C14H10O5S/c1-5-13-22(14-6-1)21-26(23-15-7-2-8-16-23,24-17-9-3-10-18-24)25-19-11-4-12-20-25;15-13(16)9-5-1-3-7-11(9)20(19)12-8-4-2-6-10(12)14(17)18/h1-20,26H,21H2;1-8H,(H,15,16)(H,17,18). The molecule has 0 heterocycles. The van der Waals surface area contributed by atoms with Crippen LogP contribution in [0.1, 0.15) is 26.3 Å². The van der Waals surface area contributed by atoms with E-state index in [0.717, 1.165) is 6.16 Å². The van der Waals surface area contributed by atoms with Crippen LogP contribution in [0.3, 0.4) is 0 Å². The van der Waals surface area contributed by atoms with Gasteiger partial charge >= 0.3 is 168 Å². The third-order valence-corrected chi connectivity index (χ3v) is 14.2. The Hall–Kier alpha value is -5.00. The van der Waals surface area contributed by atoms with Gasteiger partial charge in [0.15, 0.2) is 9.79 Å². The minimum atomic E-state index is -2.16. The zero-order chi connectivity index (χ0) is 32.4. The van der Waals surface area contributed by atoms with E-state index in [4.69, 9.17) is 10.2 Å². The van der Waals surface area contributed by atoms with Gasteiger partial charge < -0.3 is 14.8 Å². The fourth-order valence-corrected chi connectivity index (χ4v) is 11.7. The van der Waals surface area contributed by atoms with E-state index in [-0.39, 0.29) is 20.9 Å². The van der Waals surface area contributed by atoms with Crippen molar-refractivity contribution < 1.29 is 24.4 Å². The summed E-state index contributed by atoms with van der Waals surface area (Å²) in [4.78, 5) is 22.4. The molecule has 0 unspecified atom stereocenters. The molecule has 0 atom stereocenters. The van der Waals surface area contributed by atoms with Gasteiger partial charge in [0, 0.05) is 11.2 Å². The summed E-state index contributed by atoms with van der Waals surface area (Å²) >= 11 is -1.87. The van der Waals surface area contributed by atoms with Gasteiger partial charge in [-0.25, -0.2) is 9.59 Å². The van der Waals surface area contributed by atoms with Crippen molar-refractivity contribution >= 4 is 46.3 Å². The Balaban J connectivity index is 0.000000188. The molecule has 6 aromatic carbocycles. The Kier molecular flexibility index (Phi) is 10.8. The van der Waals surface area contributed by atoms with Crippen LogP contribution in [0.5, 0.6) is 0 Å². The Bertz CT molecular complexity index is 1730. The summed E-state index contributed by atoms with van der Waals surface area (Å²) in [6, 6.07) is 55.8. The van der Waals surface area contributed by atoms with Gasteiger partial charge in [-0.3, -0.25) is 0 Å². The molecule has 7 heteroatoms. The number of hydrogen-bond acceptors (Lipinski definition) is 3. The summed E-state index contributed by atoms with van der Waals surface area (Å²) in [5, 5.41) is 22.6. The Labute approximate surface area is 272 Å². The number of carbonyl (C=O) groups is 2. The van der Waals surface area contributed by atoms with Crippen molar-refractivity contribution in [3.05, 3.63) is 187 Å². The number of carboxylic acids is 2. The summed E-state index contributed by atoms with van der Waals surface area (Å²) in [5.74, 6) is -2.41. The van der Waals surface area contributed by atoms with E-state index in [2.05, 4.69) is 121 Å². The van der Waals surface area contributed by atoms with Crippen LogP contribution >= 0.6 is 7.26 Å². The molecule has 0 aromatic heterocycles. The number of benzene rings is 6. The molecule has 0 aliphatic carbocycles. The fourth-order valence-electron chi connectivity index (χ4n) is 5.60. The van der Waals surface area contributed by atoms with Crippen molar-refractivity contribution in [2.75, 3.05) is 0 Å². The van der Waals surface area contributed by atoms with Gasteiger partial charge in [-0.15, -0.1) is 0 Å². The van der Waals surface area contributed by atoms with E-state index in [0.29, 0.717) is 0 Å². The van der Waals surface area contributed by atoms with E-state index in [1.165, 1.54) is 57.9 Å². The molecule has 0 radical (unpaired) electrons. The first kappa shape index (κ1) is 32.4. The first-order valence-corrected chi connectivity index (χ1v) is 18.0. The summed E-state index contributed by atoms with van der Waals surface area (Å²) in [6.45, 7) is 0. The number of hydrogen-bond donors (Lipinski definition) is 2. The average molecular weight is 645 g/mol. The second-order valence-corrected chi connectivity index (χ2v) is 15.9. The molecule has 2 N–H and O–H groups in total. The van der Waals surface area contributed by atoms with Gasteiger partial charge in [-0.2, -0.15) is 0 Å². The molecule has 0 fully saturated rings. The Morgan fingerprint density at radius 1 is 0.478 bits per heavy atom. The normalized spacial score (nSPS) is 11.3. The topological polar surface area (TPSA) is 97.7 Å². The maximum atomic E-state index is 12.5. The summed E-state index contributed by atoms with van der Waals surface area (Å²) in [6.07, 6.45) is 1.06. The molecule has 0 amide bonds. The second-order valence-electron chi connectivity index (χ2n) is 10.5. The predicted octanol–water partition coefficient (Wildman–Crippen LogP) is 7.16. The molecule has 0 bridgehead atoms. The molecular formula is C39H33O5PS. The monoisotopic (exact) mass is 644 g/mol. The van der Waals surface area contributed by atoms with Crippen molar-refractivity contribution in [3.8, 4) is 0 Å². The third-order valence-electron chi connectivity index (χ3n) is 7.75. The van der Waals surface area contributed by atoms with Gasteiger partial charge in [-0.05, 0) is 24.3 Å². The van der Waals surface area contributed by atoms with Crippen LogP contribution in [0, 0.1) is 0 Å². The SMILES string of the molecule is O=C(O)c1ccccc1[S+]([O-])c1ccccc1C(=O)O.c1ccc(C[PH](c2ccccc2)(c2ccccc2)c2ccccc2)cc1. The molecule has 0 aliphatic heterocycles. The molecule has 0 spiro atoms. The van der Waals surface area contributed by atoms with E-state index < -0.39 is 30.4 Å². The first-order valence-electron chi connectivity index (χ1n) is 14.7. The van der Waals surface area contributed by atoms with Crippen molar-refractivity contribution in [2.24, 2.45) is 0 Å². The van der Waals surface area contributed by atoms with Gasteiger partial charge in [0.05, 0.1) is 0 Å². The average Bonchev–Trinajstić information content (AvgIpc) is 3.12. The van der Waals surface area contributed by atoms with Crippen molar-refractivity contribution in [3.63, 3.8) is 0 Å². The number of rotatable bonds is 9. The van der Waals surface area contributed by atoms with Crippen LogP contribution in [-0.4, -0.2) is 26.7 Å². The molecule has 0 saturated carbocycles. The molecule has 5 nitrogen and oxygen atoms in total. The van der Waals surface area contributed by atoms with E-state index >= 15 is 0 Å². The van der Waals surface area contributed by atoms with Crippen LogP contribution < -0.4 is 15.9 Å². The van der Waals surface area contributed by atoms with Crippen molar-refractivity contribution in [2.45, 2.75) is 16.0 Å². The van der Waals surface area contributed by atoms with Gasteiger partial charge in [0.2, 0.25) is 0 Å². The van der Waals surface area contributed by atoms with Crippen molar-refractivity contribution in [1.82, 2.24) is 0 Å². The summed E-state index contributed by atoms with van der Waals surface area (Å²) < 4.78 is 12.5. The van der Waals surface area contributed by atoms with Crippen molar-refractivity contribution in [1.29, 1.82) is 0 Å². The molecule has 6 rings (SSSR count). The quantitative estimate of drug-likeness (QED) is 0.129. The molecule has 230 valence electrons. The molecule has 46 heavy (non-hydrogen) atoms. The molecule has 0 saturated heterocycles. The number of aromatic carboxylic acids is 2. The fraction of sp³-hybridized carbons (Fsp3) is 0.0256. The molecular weight excluding hydrogens is 611 g/mol. The molecule has 6 aromatic rings.